The Labute approximate surface area is 224 Å². The van der Waals surface area contributed by atoms with Crippen LogP contribution in [0.15, 0.2) is 84.0 Å². The number of halogens is 1. The number of anilines is 4. The summed E-state index contributed by atoms with van der Waals surface area (Å²) in [6.07, 6.45) is 4.39. The Bertz CT molecular complexity index is 1610. The first-order chi connectivity index (χ1) is 18.9. The molecule has 2 aliphatic rings. The zero-order chi connectivity index (χ0) is 27.0. The van der Waals surface area contributed by atoms with Crippen molar-refractivity contribution >= 4 is 46.6 Å². The summed E-state index contributed by atoms with van der Waals surface area (Å²) in [4.78, 5) is 34.9. The molecule has 1 aliphatic carbocycles. The molecule has 1 saturated carbocycles. The van der Waals surface area contributed by atoms with Crippen molar-refractivity contribution in [3.05, 3.63) is 95.9 Å². The first-order valence-corrected chi connectivity index (χ1v) is 12.5. The van der Waals surface area contributed by atoms with E-state index in [1.54, 1.807) is 36.7 Å². The number of pyridine rings is 1. The molecule has 39 heavy (non-hydrogen) atoms. The van der Waals surface area contributed by atoms with Crippen molar-refractivity contribution < 1.29 is 18.7 Å². The summed E-state index contributed by atoms with van der Waals surface area (Å²) in [5.74, 6) is 0.528. The van der Waals surface area contributed by atoms with Gasteiger partial charge in [0.25, 0.3) is 0 Å². The highest BCUT2D eigenvalue weighted by Gasteiger charge is 2.56. The smallest absolute Gasteiger partial charge is 0.240 e. The maximum Gasteiger partial charge on any atom is 0.240 e. The third-order valence-electron chi connectivity index (χ3n) is 6.78. The molecule has 0 saturated heterocycles. The molecule has 4 aromatic rings. The van der Waals surface area contributed by atoms with Gasteiger partial charge in [0, 0.05) is 40.6 Å². The second-order valence-electron chi connectivity index (χ2n) is 9.56. The first kappa shape index (κ1) is 24.3. The lowest BCUT2D eigenvalue weighted by Gasteiger charge is -2.16. The number of rotatable bonds is 6. The fraction of sp³-hybridized carbons (Fsp3) is 0.133. The number of para-hydroxylation sites is 1. The predicted octanol–water partition coefficient (Wildman–Crippen LogP) is 6.49. The van der Waals surface area contributed by atoms with Gasteiger partial charge >= 0.3 is 0 Å². The maximum absolute atomic E-state index is 13.2. The number of nitrogens with one attached hydrogen (secondary N) is 3. The van der Waals surface area contributed by atoms with Crippen molar-refractivity contribution in [3.63, 3.8) is 0 Å². The molecule has 2 heterocycles. The van der Waals surface area contributed by atoms with E-state index < -0.39 is 17.1 Å². The van der Waals surface area contributed by atoms with E-state index in [0.717, 1.165) is 16.8 Å². The van der Waals surface area contributed by atoms with E-state index in [2.05, 4.69) is 25.9 Å². The molecule has 1 fully saturated rings. The minimum absolute atomic E-state index is 0.383. The summed E-state index contributed by atoms with van der Waals surface area (Å²) in [5.41, 5.74) is 3.09. The topological polar surface area (TPSA) is 105 Å². The molecule has 0 atom stereocenters. The van der Waals surface area contributed by atoms with Crippen molar-refractivity contribution in [2.75, 3.05) is 16.0 Å². The third kappa shape index (κ3) is 4.82. The Hall–Kier alpha value is -5.05. The molecule has 3 aromatic carbocycles. The molecule has 2 amide bonds. The molecule has 1 aromatic heterocycles. The Balaban J connectivity index is 1.15. The maximum atomic E-state index is 13.2. The number of nitrogens with zero attached hydrogens (tertiary/aromatic N) is 2. The van der Waals surface area contributed by atoms with Crippen LogP contribution in [0.1, 0.15) is 24.0 Å². The van der Waals surface area contributed by atoms with Crippen LogP contribution in [0.4, 0.5) is 33.0 Å². The number of benzene rings is 3. The minimum atomic E-state index is -1.14. The van der Waals surface area contributed by atoms with E-state index in [-0.39, 0.29) is 5.91 Å². The number of ether oxygens (including phenoxy) is 1. The fourth-order valence-corrected chi connectivity index (χ4v) is 4.34. The SMILES string of the molecule is Cc1cnc2c(c1Oc1ccc(NC(=O)C3(C(=O)Nc4ccc(F)cc4)CC3)cc1)N=Cc1ccccc1N2. The molecule has 6 rings (SSSR count). The number of carbonyl (C=O) groups is 2. The van der Waals surface area contributed by atoms with Gasteiger partial charge in [-0.1, -0.05) is 18.2 Å². The second-order valence-corrected chi connectivity index (χ2v) is 9.56. The summed E-state index contributed by atoms with van der Waals surface area (Å²) < 4.78 is 19.4. The van der Waals surface area contributed by atoms with E-state index in [1.165, 1.54) is 24.3 Å². The average Bonchev–Trinajstić information content (AvgIpc) is 3.77. The van der Waals surface area contributed by atoms with Gasteiger partial charge in [0.05, 0.1) is 0 Å². The van der Waals surface area contributed by atoms with Crippen LogP contribution >= 0.6 is 0 Å². The predicted molar refractivity (Wildman–Crippen MR) is 148 cm³/mol. The third-order valence-corrected chi connectivity index (χ3v) is 6.78. The fourth-order valence-electron chi connectivity index (χ4n) is 4.34. The molecule has 0 bridgehead atoms. The summed E-state index contributed by atoms with van der Waals surface area (Å²) in [7, 11) is 0. The van der Waals surface area contributed by atoms with Crippen LogP contribution in [0.2, 0.25) is 0 Å². The second kappa shape index (κ2) is 9.68. The van der Waals surface area contributed by atoms with E-state index in [9.17, 15) is 14.0 Å². The van der Waals surface area contributed by atoms with Gasteiger partial charge in [0.15, 0.2) is 11.6 Å². The van der Waals surface area contributed by atoms with Crippen molar-refractivity contribution in [3.8, 4) is 11.5 Å². The van der Waals surface area contributed by atoms with Crippen molar-refractivity contribution in [1.82, 2.24) is 4.98 Å². The minimum Gasteiger partial charge on any atom is -0.455 e. The number of hydrogen-bond donors (Lipinski definition) is 3. The number of aromatic nitrogens is 1. The van der Waals surface area contributed by atoms with Gasteiger partial charge in [-0.2, -0.15) is 0 Å². The van der Waals surface area contributed by atoms with Crippen molar-refractivity contribution in [2.45, 2.75) is 19.8 Å². The highest BCUT2D eigenvalue weighted by atomic mass is 19.1. The van der Waals surface area contributed by atoms with Gasteiger partial charge in [-0.3, -0.25) is 9.59 Å². The number of aliphatic imine (C=N–C) groups is 1. The summed E-state index contributed by atoms with van der Waals surface area (Å²) in [6.45, 7) is 1.90. The zero-order valence-corrected chi connectivity index (χ0v) is 21.0. The number of fused-ring (bicyclic) bond motifs is 2. The Morgan fingerprint density at radius 1 is 0.923 bits per heavy atom. The van der Waals surface area contributed by atoms with E-state index in [1.807, 2.05) is 31.2 Å². The molecule has 194 valence electrons. The Morgan fingerprint density at radius 3 is 2.23 bits per heavy atom. The van der Waals surface area contributed by atoms with Gasteiger partial charge < -0.3 is 20.7 Å². The number of hydrogen-bond acceptors (Lipinski definition) is 6. The molecule has 0 radical (unpaired) electrons. The number of aryl methyl sites for hydroxylation is 1. The van der Waals surface area contributed by atoms with Gasteiger partial charge in [-0.05, 0) is 74.4 Å². The van der Waals surface area contributed by atoms with E-state index in [4.69, 9.17) is 4.74 Å². The highest BCUT2D eigenvalue weighted by Crippen LogP contribution is 2.48. The van der Waals surface area contributed by atoms with Crippen molar-refractivity contribution in [2.24, 2.45) is 10.4 Å². The largest absolute Gasteiger partial charge is 0.455 e. The molecule has 8 nitrogen and oxygen atoms in total. The van der Waals surface area contributed by atoms with Gasteiger partial charge in [-0.15, -0.1) is 0 Å². The molecule has 9 heteroatoms. The van der Waals surface area contributed by atoms with Crippen LogP contribution in [0.3, 0.4) is 0 Å². The van der Waals surface area contributed by atoms with Crippen LogP contribution in [-0.4, -0.2) is 23.0 Å². The molecule has 3 N–H and O–H groups in total. The summed E-state index contributed by atoms with van der Waals surface area (Å²) in [5, 5.41) is 8.86. The van der Waals surface area contributed by atoms with Gasteiger partial charge in [0.1, 0.15) is 22.7 Å². The Kier molecular flexibility index (Phi) is 6.03. The standard InChI is InChI=1S/C30H24FN5O3/c1-18-16-33-27-25(32-17-19-4-2-3-5-24(19)36-27)26(18)39-23-12-10-22(11-13-23)35-29(38)30(14-15-30)28(37)34-21-8-6-20(31)7-9-21/h2-13,16-17H,14-15H2,1H3,(H,33,36)(H,34,37)(H,35,38). The van der Waals surface area contributed by atoms with E-state index in [0.29, 0.717) is 47.2 Å². The normalized spacial score (nSPS) is 14.2. The lowest BCUT2D eigenvalue weighted by molar-refractivity contribution is -0.131. The summed E-state index contributed by atoms with van der Waals surface area (Å²) in [6, 6.07) is 20.2. The molecule has 0 spiro atoms. The van der Waals surface area contributed by atoms with Crippen molar-refractivity contribution in [1.29, 1.82) is 0 Å². The van der Waals surface area contributed by atoms with Crippen LogP contribution in [0.5, 0.6) is 11.5 Å². The molecular formula is C30H24FN5O3. The zero-order valence-electron chi connectivity index (χ0n) is 21.0. The van der Waals surface area contributed by atoms with Crippen LogP contribution in [-0.2, 0) is 9.59 Å². The van der Waals surface area contributed by atoms with E-state index >= 15 is 0 Å². The quantitative estimate of drug-likeness (QED) is 0.222. The van der Waals surface area contributed by atoms with Gasteiger partial charge in [-0.25, -0.2) is 14.4 Å². The highest BCUT2D eigenvalue weighted by molar-refractivity contribution is 6.16. The lowest BCUT2D eigenvalue weighted by Crippen LogP contribution is -2.35. The lowest BCUT2D eigenvalue weighted by atomic mass is 10.0. The molecular weight excluding hydrogens is 497 g/mol. The van der Waals surface area contributed by atoms with Gasteiger partial charge in [0.2, 0.25) is 11.8 Å². The number of amides is 2. The molecule has 1 aliphatic heterocycles. The molecule has 0 unspecified atom stereocenters. The van der Waals surface area contributed by atoms with Crippen LogP contribution in [0, 0.1) is 18.2 Å². The van der Waals surface area contributed by atoms with Crippen LogP contribution < -0.4 is 20.7 Å². The number of carbonyl (C=O) groups excluding carboxylic acids is 2. The summed E-state index contributed by atoms with van der Waals surface area (Å²) >= 11 is 0. The average molecular weight is 522 g/mol. The monoisotopic (exact) mass is 521 g/mol. The Morgan fingerprint density at radius 2 is 1.56 bits per heavy atom. The van der Waals surface area contributed by atoms with Crippen LogP contribution in [0.25, 0.3) is 0 Å². The first-order valence-electron chi connectivity index (χ1n) is 12.5.